The van der Waals surface area contributed by atoms with Crippen LogP contribution in [0.15, 0.2) is 18.2 Å². The molecule has 20 heavy (non-hydrogen) atoms. The third kappa shape index (κ3) is 4.77. The van der Waals surface area contributed by atoms with Crippen molar-refractivity contribution in [3.05, 3.63) is 29.6 Å². The predicted molar refractivity (Wildman–Crippen MR) is 75.3 cm³/mol. The summed E-state index contributed by atoms with van der Waals surface area (Å²) in [6.45, 7) is 3.54. The quantitative estimate of drug-likeness (QED) is 0.554. The number of hydrogen-bond donors (Lipinski definition) is 2. The van der Waals surface area contributed by atoms with Crippen LogP contribution in [0.5, 0.6) is 0 Å². The maximum atomic E-state index is 11.7. The van der Waals surface area contributed by atoms with Crippen molar-refractivity contribution in [2.45, 2.75) is 25.5 Å². The molecule has 1 aromatic rings. The molecule has 0 saturated heterocycles. The number of aliphatic hydroxyl groups is 1. The predicted octanol–water partition coefficient (Wildman–Crippen LogP) is 1.70. The van der Waals surface area contributed by atoms with Gasteiger partial charge in [-0.2, -0.15) is 0 Å². The molecule has 1 heterocycles. The van der Waals surface area contributed by atoms with E-state index in [4.69, 9.17) is 9.26 Å². The summed E-state index contributed by atoms with van der Waals surface area (Å²) in [5.41, 5.74) is -1.64. The highest BCUT2D eigenvalue weighted by Crippen LogP contribution is 2.45. The average molecular weight is 323 g/mol. The van der Waals surface area contributed by atoms with E-state index < -0.39 is 21.6 Å². The van der Waals surface area contributed by atoms with Gasteiger partial charge in [-0.3, -0.25) is 9.55 Å². The van der Waals surface area contributed by atoms with Crippen molar-refractivity contribution in [2.75, 3.05) is 13.2 Å². The summed E-state index contributed by atoms with van der Waals surface area (Å²) in [6.07, 6.45) is -0.287. The van der Waals surface area contributed by atoms with Gasteiger partial charge >= 0.3 is 7.60 Å². The van der Waals surface area contributed by atoms with E-state index in [9.17, 15) is 19.1 Å². The Morgan fingerprint density at radius 2 is 2.10 bits per heavy atom. The molecule has 0 amide bonds. The fraction of sp³-hybridized carbons (Fsp3) is 0.545. The van der Waals surface area contributed by atoms with Gasteiger partial charge in [-0.15, -0.1) is 0 Å². The van der Waals surface area contributed by atoms with Crippen LogP contribution in [0.3, 0.4) is 0 Å². The fourth-order valence-corrected chi connectivity index (χ4v) is 3.20. The van der Waals surface area contributed by atoms with E-state index in [1.165, 1.54) is 12.1 Å². The molecule has 114 valence electrons. The first-order valence-electron chi connectivity index (χ1n) is 6.12. The molecule has 0 aromatic carbocycles. The summed E-state index contributed by atoms with van der Waals surface area (Å²) in [4.78, 5) is 13.6. The van der Waals surface area contributed by atoms with E-state index >= 15 is 0 Å². The number of rotatable bonds is 8. The zero-order valence-electron chi connectivity index (χ0n) is 11.4. The normalized spacial score (nSPS) is 18.0. The van der Waals surface area contributed by atoms with Gasteiger partial charge in [0.15, 0.2) is 0 Å². The summed E-state index contributed by atoms with van der Waals surface area (Å²) in [5, 5.41) is 10.1. The topological polar surface area (TPSA) is 106 Å². The lowest BCUT2D eigenvalue weighted by molar-refractivity contribution is -0.140. The fourth-order valence-electron chi connectivity index (χ4n) is 1.61. The molecule has 1 rings (SSSR count). The van der Waals surface area contributed by atoms with Crippen LogP contribution in [-0.2, 0) is 30.1 Å². The lowest BCUT2D eigenvalue weighted by atomic mass is 10.3. The number of ether oxygens (including phenoxy) is 1. The largest absolute Gasteiger partial charge is 0.355 e. The minimum Gasteiger partial charge on any atom is -0.355 e. The van der Waals surface area contributed by atoms with Crippen molar-refractivity contribution >= 4 is 16.1 Å². The maximum Gasteiger partial charge on any atom is 0.334 e. The van der Waals surface area contributed by atoms with Crippen molar-refractivity contribution in [1.82, 2.24) is 4.98 Å². The minimum atomic E-state index is -3.77. The Balaban J connectivity index is 3.01. The third-order valence-corrected chi connectivity index (χ3v) is 4.56. The highest BCUT2D eigenvalue weighted by Gasteiger charge is 2.31. The van der Waals surface area contributed by atoms with Gasteiger partial charge in [0.25, 0.3) is 5.53 Å². The molecule has 7 nitrogen and oxygen atoms in total. The molecule has 3 unspecified atom stereocenters. The van der Waals surface area contributed by atoms with Crippen molar-refractivity contribution in [2.24, 2.45) is 0 Å². The zero-order chi connectivity index (χ0) is 15.2. The lowest BCUT2D eigenvalue weighted by Gasteiger charge is -2.22. The van der Waals surface area contributed by atoms with Crippen LogP contribution in [0.1, 0.15) is 25.2 Å². The molecular weight excluding hydrogens is 304 g/mol. The van der Waals surface area contributed by atoms with Crippen LogP contribution < -0.4 is 0 Å². The van der Waals surface area contributed by atoms with Crippen LogP contribution in [-0.4, -0.2) is 28.2 Å². The van der Waals surface area contributed by atoms with E-state index in [0.29, 0.717) is 0 Å². The summed E-state index contributed by atoms with van der Waals surface area (Å²) in [6, 6.07) is 4.52. The summed E-state index contributed by atoms with van der Waals surface area (Å²) in [5.74, 6) is 0. The van der Waals surface area contributed by atoms with E-state index in [1.807, 2.05) is 0 Å². The van der Waals surface area contributed by atoms with Gasteiger partial charge in [0.2, 0.25) is 0 Å². The Morgan fingerprint density at radius 1 is 1.40 bits per heavy atom. The van der Waals surface area contributed by atoms with Crippen LogP contribution in [0.25, 0.3) is 0 Å². The highest BCUT2D eigenvalue weighted by atomic mass is 31.2. The Labute approximate surface area is 118 Å². The Kier molecular flexibility index (Phi) is 6.52. The van der Waals surface area contributed by atoms with E-state index in [-0.39, 0.29) is 30.8 Å². The van der Waals surface area contributed by atoms with Crippen molar-refractivity contribution in [3.8, 4) is 0 Å². The first-order valence-corrected chi connectivity index (χ1v) is 8.93. The van der Waals surface area contributed by atoms with E-state index in [1.54, 1.807) is 19.9 Å². The molecule has 0 aliphatic heterocycles. The molecule has 0 spiro atoms. The molecule has 0 radical (unpaired) electrons. The van der Waals surface area contributed by atoms with Crippen molar-refractivity contribution in [1.29, 1.82) is 0 Å². The average Bonchev–Trinajstić information content (AvgIpc) is 2.38. The Hall–Kier alpha value is -0.550. The van der Waals surface area contributed by atoms with E-state index in [2.05, 4.69) is 4.98 Å². The first kappa shape index (κ1) is 17.5. The molecule has 0 aliphatic rings. The van der Waals surface area contributed by atoms with Gasteiger partial charge in [0, 0.05) is 6.61 Å². The molecule has 9 heteroatoms. The van der Waals surface area contributed by atoms with Crippen LogP contribution in [0, 0.1) is 0 Å². The monoisotopic (exact) mass is 323 g/mol. The van der Waals surface area contributed by atoms with Gasteiger partial charge in [0.05, 0.1) is 18.5 Å². The SMILES string of the molecule is CCOC(O)([PH2]=O)c1cccc(CP(=O)(O)OCC)n1. The summed E-state index contributed by atoms with van der Waals surface area (Å²) < 4.78 is 32.7. The van der Waals surface area contributed by atoms with Crippen LogP contribution in [0.4, 0.5) is 0 Å². The Bertz CT molecular complexity index is 511. The molecule has 0 saturated carbocycles. The second-order valence-electron chi connectivity index (χ2n) is 3.97. The van der Waals surface area contributed by atoms with Gasteiger partial charge in [-0.1, -0.05) is 6.07 Å². The zero-order valence-corrected chi connectivity index (χ0v) is 13.4. The summed E-state index contributed by atoms with van der Waals surface area (Å²) >= 11 is 0. The van der Waals surface area contributed by atoms with Crippen LogP contribution >= 0.6 is 16.1 Å². The smallest absolute Gasteiger partial charge is 0.334 e. The van der Waals surface area contributed by atoms with Crippen molar-refractivity contribution < 1.29 is 28.4 Å². The number of hydrogen-bond acceptors (Lipinski definition) is 6. The summed E-state index contributed by atoms with van der Waals surface area (Å²) in [7, 11) is -5.45. The lowest BCUT2D eigenvalue weighted by Crippen LogP contribution is -2.24. The highest BCUT2D eigenvalue weighted by molar-refractivity contribution is 7.51. The second-order valence-corrected chi connectivity index (χ2v) is 6.84. The number of aromatic nitrogens is 1. The molecule has 2 N–H and O–H groups in total. The van der Waals surface area contributed by atoms with Gasteiger partial charge in [0.1, 0.15) is 14.2 Å². The van der Waals surface area contributed by atoms with Gasteiger partial charge < -0.3 is 23.8 Å². The maximum absolute atomic E-state index is 11.7. The number of pyridine rings is 1. The van der Waals surface area contributed by atoms with Gasteiger partial charge in [-0.05, 0) is 26.0 Å². The van der Waals surface area contributed by atoms with Crippen LogP contribution in [0.2, 0.25) is 0 Å². The Morgan fingerprint density at radius 3 is 2.65 bits per heavy atom. The molecule has 0 fully saturated rings. The second kappa shape index (κ2) is 7.46. The standard InChI is InChI=1S/C11H19NO6P2/c1-3-17-11(13,19-14)10-7-5-6-9(12-10)8-20(15,16)18-4-2/h5-7,13H,3-4,8,19H2,1-2H3,(H,15,16). The van der Waals surface area contributed by atoms with Crippen molar-refractivity contribution in [3.63, 3.8) is 0 Å². The molecule has 1 aromatic heterocycles. The van der Waals surface area contributed by atoms with Gasteiger partial charge in [-0.25, -0.2) is 0 Å². The minimum absolute atomic E-state index is 0.0540. The molecule has 0 aliphatic carbocycles. The third-order valence-electron chi connectivity index (χ3n) is 2.39. The number of nitrogens with zero attached hydrogens (tertiary/aromatic N) is 1. The first-order chi connectivity index (χ1) is 9.37. The van der Waals surface area contributed by atoms with E-state index in [0.717, 1.165) is 0 Å². The molecule has 3 atom stereocenters. The molecular formula is C11H19NO6P2. The molecule has 0 bridgehead atoms.